The molecule has 0 aliphatic carbocycles. The van der Waals surface area contributed by atoms with Crippen molar-refractivity contribution >= 4 is 34.3 Å². The number of aromatic nitrogens is 1. The zero-order chi connectivity index (χ0) is 26.3. The first kappa shape index (κ1) is 25.3. The second kappa shape index (κ2) is 11.3. The van der Waals surface area contributed by atoms with Crippen LogP contribution < -0.4 is 20.7 Å². The molecule has 0 saturated heterocycles. The average molecular weight is 505 g/mol. The summed E-state index contributed by atoms with van der Waals surface area (Å²) in [6.45, 7) is 3.25. The number of carbonyl (C=O) groups excluding carboxylic acids is 1. The molecule has 1 heterocycles. The minimum atomic E-state index is -4.44. The molecule has 4 rings (SSSR count). The standard InChI is InChI=1S/C28H23F3N4O2/c1-2-27(36)35-22-8-5-7-21(16-22)34-25-14-15-32-17-26(25)33-20-10-12-23(13-11-20)37-18-19-6-3-4-9-24(19)28(29,30)31/h2-17,33H,1,18H2,(H,32,34)(H,35,36). The molecular formula is C28H23F3N4O2. The molecule has 0 radical (unpaired) electrons. The van der Waals surface area contributed by atoms with Crippen LogP contribution in [0.15, 0.2) is 104 Å². The third-order valence-corrected chi connectivity index (χ3v) is 5.27. The van der Waals surface area contributed by atoms with Gasteiger partial charge in [-0.1, -0.05) is 30.8 Å². The predicted octanol–water partition coefficient (Wildman–Crippen LogP) is 7.29. The Bertz CT molecular complexity index is 1390. The summed E-state index contributed by atoms with van der Waals surface area (Å²) in [5, 5.41) is 9.28. The van der Waals surface area contributed by atoms with E-state index in [1.165, 1.54) is 18.2 Å². The monoisotopic (exact) mass is 504 g/mol. The summed E-state index contributed by atoms with van der Waals surface area (Å²) < 4.78 is 45.2. The molecule has 9 heteroatoms. The molecule has 1 aromatic heterocycles. The van der Waals surface area contributed by atoms with E-state index in [0.717, 1.165) is 23.1 Å². The molecule has 0 fully saturated rings. The zero-order valence-electron chi connectivity index (χ0n) is 19.5. The molecule has 0 saturated carbocycles. The van der Waals surface area contributed by atoms with Crippen molar-refractivity contribution in [2.24, 2.45) is 0 Å². The van der Waals surface area contributed by atoms with Gasteiger partial charge in [-0.05, 0) is 60.7 Å². The van der Waals surface area contributed by atoms with E-state index in [0.29, 0.717) is 17.1 Å². The van der Waals surface area contributed by atoms with Gasteiger partial charge in [-0.2, -0.15) is 13.2 Å². The van der Waals surface area contributed by atoms with E-state index in [2.05, 4.69) is 27.5 Å². The lowest BCUT2D eigenvalue weighted by Crippen LogP contribution is -2.10. The Morgan fingerprint density at radius 3 is 2.38 bits per heavy atom. The van der Waals surface area contributed by atoms with Crippen LogP contribution in [0.5, 0.6) is 5.75 Å². The van der Waals surface area contributed by atoms with Gasteiger partial charge in [0, 0.05) is 28.8 Å². The maximum Gasteiger partial charge on any atom is 0.416 e. The first-order valence-corrected chi connectivity index (χ1v) is 11.2. The molecular weight excluding hydrogens is 481 g/mol. The van der Waals surface area contributed by atoms with Crippen LogP contribution in [0.1, 0.15) is 11.1 Å². The van der Waals surface area contributed by atoms with Crippen LogP contribution >= 0.6 is 0 Å². The Morgan fingerprint density at radius 2 is 1.62 bits per heavy atom. The van der Waals surface area contributed by atoms with Gasteiger partial charge in [0.15, 0.2) is 0 Å². The topological polar surface area (TPSA) is 75.3 Å². The van der Waals surface area contributed by atoms with Crippen molar-refractivity contribution < 1.29 is 22.7 Å². The van der Waals surface area contributed by atoms with Crippen molar-refractivity contribution in [3.63, 3.8) is 0 Å². The van der Waals surface area contributed by atoms with Crippen molar-refractivity contribution in [3.05, 3.63) is 115 Å². The predicted molar refractivity (Wildman–Crippen MR) is 138 cm³/mol. The van der Waals surface area contributed by atoms with Gasteiger partial charge in [-0.15, -0.1) is 0 Å². The van der Waals surface area contributed by atoms with Gasteiger partial charge in [-0.25, -0.2) is 0 Å². The van der Waals surface area contributed by atoms with E-state index in [-0.39, 0.29) is 18.1 Å². The number of rotatable bonds is 9. The van der Waals surface area contributed by atoms with Gasteiger partial charge in [0.05, 0.1) is 23.1 Å². The zero-order valence-corrected chi connectivity index (χ0v) is 19.5. The lowest BCUT2D eigenvalue weighted by atomic mass is 10.1. The van der Waals surface area contributed by atoms with Gasteiger partial charge < -0.3 is 20.7 Å². The molecule has 0 bridgehead atoms. The van der Waals surface area contributed by atoms with E-state index in [1.807, 2.05) is 6.07 Å². The molecule has 3 N–H and O–H groups in total. The number of pyridine rings is 1. The Morgan fingerprint density at radius 1 is 0.892 bits per heavy atom. The summed E-state index contributed by atoms with van der Waals surface area (Å²) in [5.41, 5.74) is 2.88. The van der Waals surface area contributed by atoms with Crippen LogP contribution in [0.25, 0.3) is 0 Å². The quantitative estimate of drug-likeness (QED) is 0.209. The fourth-order valence-corrected chi connectivity index (χ4v) is 3.50. The number of hydrogen-bond donors (Lipinski definition) is 3. The average Bonchev–Trinajstić information content (AvgIpc) is 2.89. The highest BCUT2D eigenvalue weighted by atomic mass is 19.4. The minimum absolute atomic E-state index is 0.0661. The number of ether oxygens (including phenoxy) is 1. The lowest BCUT2D eigenvalue weighted by Gasteiger charge is -2.15. The molecule has 0 aliphatic heterocycles. The van der Waals surface area contributed by atoms with Crippen molar-refractivity contribution in [1.29, 1.82) is 0 Å². The molecule has 6 nitrogen and oxygen atoms in total. The van der Waals surface area contributed by atoms with E-state index < -0.39 is 11.7 Å². The number of benzene rings is 3. The fourth-order valence-electron chi connectivity index (χ4n) is 3.50. The van der Waals surface area contributed by atoms with Crippen LogP contribution in [0.3, 0.4) is 0 Å². The normalized spacial score (nSPS) is 10.9. The summed E-state index contributed by atoms with van der Waals surface area (Å²) in [6.07, 6.45) is 0.0590. The van der Waals surface area contributed by atoms with E-state index in [9.17, 15) is 18.0 Å². The van der Waals surface area contributed by atoms with Crippen molar-refractivity contribution in [1.82, 2.24) is 4.98 Å². The summed E-state index contributed by atoms with van der Waals surface area (Å²) in [4.78, 5) is 15.8. The summed E-state index contributed by atoms with van der Waals surface area (Å²) in [5.74, 6) is 0.130. The third-order valence-electron chi connectivity index (χ3n) is 5.27. The molecule has 0 atom stereocenters. The number of anilines is 5. The molecule has 0 aliphatic rings. The lowest BCUT2D eigenvalue weighted by molar-refractivity contribution is -0.138. The number of alkyl halides is 3. The van der Waals surface area contributed by atoms with Crippen LogP contribution in [0.4, 0.5) is 41.6 Å². The highest BCUT2D eigenvalue weighted by Crippen LogP contribution is 2.33. The van der Waals surface area contributed by atoms with Crippen LogP contribution in [0.2, 0.25) is 0 Å². The number of nitrogens with zero attached hydrogens (tertiary/aromatic N) is 1. The van der Waals surface area contributed by atoms with Gasteiger partial charge in [0.25, 0.3) is 0 Å². The minimum Gasteiger partial charge on any atom is -0.489 e. The Labute approximate surface area is 211 Å². The van der Waals surface area contributed by atoms with Gasteiger partial charge in [-0.3, -0.25) is 9.78 Å². The first-order chi connectivity index (χ1) is 17.8. The summed E-state index contributed by atoms with van der Waals surface area (Å²) in [7, 11) is 0. The smallest absolute Gasteiger partial charge is 0.416 e. The largest absolute Gasteiger partial charge is 0.489 e. The van der Waals surface area contributed by atoms with Crippen molar-refractivity contribution in [2.75, 3.05) is 16.0 Å². The van der Waals surface area contributed by atoms with Gasteiger partial charge >= 0.3 is 6.18 Å². The van der Waals surface area contributed by atoms with E-state index >= 15 is 0 Å². The second-order valence-corrected chi connectivity index (χ2v) is 7.91. The number of halogens is 3. The van der Waals surface area contributed by atoms with Crippen LogP contribution in [-0.2, 0) is 17.6 Å². The summed E-state index contributed by atoms with van der Waals surface area (Å²) in [6, 6.07) is 21.2. The maximum atomic E-state index is 13.2. The summed E-state index contributed by atoms with van der Waals surface area (Å²) >= 11 is 0. The molecule has 188 valence electrons. The van der Waals surface area contributed by atoms with Crippen LogP contribution in [-0.4, -0.2) is 10.9 Å². The van der Waals surface area contributed by atoms with Gasteiger partial charge in [0.1, 0.15) is 12.4 Å². The third kappa shape index (κ3) is 6.88. The highest BCUT2D eigenvalue weighted by molar-refractivity contribution is 5.99. The fraction of sp³-hybridized carbons (Fsp3) is 0.0714. The molecule has 0 spiro atoms. The highest BCUT2D eigenvalue weighted by Gasteiger charge is 2.32. The molecule has 3 aromatic carbocycles. The Kier molecular flexibility index (Phi) is 7.73. The Hall–Kier alpha value is -4.79. The van der Waals surface area contributed by atoms with E-state index in [1.54, 1.807) is 67.0 Å². The first-order valence-electron chi connectivity index (χ1n) is 11.2. The number of amides is 1. The second-order valence-electron chi connectivity index (χ2n) is 7.91. The molecule has 1 amide bonds. The Balaban J connectivity index is 1.42. The molecule has 4 aromatic rings. The van der Waals surface area contributed by atoms with Gasteiger partial charge in [0.2, 0.25) is 5.91 Å². The SMILES string of the molecule is C=CC(=O)Nc1cccc(Nc2ccncc2Nc2ccc(OCc3ccccc3C(F)(F)F)cc2)c1. The maximum absolute atomic E-state index is 13.2. The molecule has 37 heavy (non-hydrogen) atoms. The number of nitrogens with one attached hydrogen (secondary N) is 3. The number of carbonyl (C=O) groups is 1. The van der Waals surface area contributed by atoms with E-state index in [4.69, 9.17) is 4.74 Å². The molecule has 0 unspecified atom stereocenters. The number of hydrogen-bond acceptors (Lipinski definition) is 5. The van der Waals surface area contributed by atoms with Crippen molar-refractivity contribution in [3.8, 4) is 5.75 Å². The van der Waals surface area contributed by atoms with Crippen molar-refractivity contribution in [2.45, 2.75) is 12.8 Å². The van der Waals surface area contributed by atoms with Crippen LogP contribution in [0, 0.1) is 0 Å².